The fraction of sp³-hybridized carbons (Fsp3) is 0.333. The number of carbonyl (C=O) groups excluding carboxylic acids is 2. The maximum absolute atomic E-state index is 12.0. The molecule has 3 N–H and O–H groups in total. The Labute approximate surface area is 98.9 Å². The highest BCUT2D eigenvalue weighted by atomic mass is 16.5. The summed E-state index contributed by atoms with van der Waals surface area (Å²) in [4.78, 5) is 22.7. The zero-order valence-electron chi connectivity index (χ0n) is 9.31. The van der Waals surface area contributed by atoms with Gasteiger partial charge in [-0.2, -0.15) is 0 Å². The summed E-state index contributed by atoms with van der Waals surface area (Å²) in [6, 6.07) is 6.86. The SMILES string of the molecule is NC(=O)Oc1ccccc1C(=O)CC1CCN1. The van der Waals surface area contributed by atoms with Gasteiger partial charge in [-0.3, -0.25) is 4.79 Å². The van der Waals surface area contributed by atoms with Gasteiger partial charge in [-0.05, 0) is 25.1 Å². The first kappa shape index (κ1) is 11.6. The zero-order chi connectivity index (χ0) is 12.3. The topological polar surface area (TPSA) is 81.4 Å². The highest BCUT2D eigenvalue weighted by molar-refractivity contribution is 5.99. The van der Waals surface area contributed by atoms with Crippen LogP contribution >= 0.6 is 0 Å². The number of nitrogens with two attached hydrogens (primary N) is 1. The number of ether oxygens (including phenoxy) is 1. The second kappa shape index (κ2) is 4.97. The van der Waals surface area contributed by atoms with Crippen molar-refractivity contribution in [2.45, 2.75) is 18.9 Å². The molecule has 0 spiro atoms. The van der Waals surface area contributed by atoms with E-state index in [-0.39, 0.29) is 17.6 Å². The average Bonchev–Trinajstić information content (AvgIpc) is 2.23. The number of primary amides is 1. The van der Waals surface area contributed by atoms with E-state index in [2.05, 4.69) is 5.32 Å². The maximum Gasteiger partial charge on any atom is 0.409 e. The molecule has 1 atom stereocenters. The lowest BCUT2D eigenvalue weighted by molar-refractivity contribution is 0.0953. The van der Waals surface area contributed by atoms with Crippen molar-refractivity contribution in [1.82, 2.24) is 5.32 Å². The number of hydrogen-bond acceptors (Lipinski definition) is 4. The van der Waals surface area contributed by atoms with Gasteiger partial charge < -0.3 is 15.8 Å². The van der Waals surface area contributed by atoms with Gasteiger partial charge in [0, 0.05) is 12.5 Å². The smallest absolute Gasteiger partial charge is 0.409 e. The molecule has 0 aromatic heterocycles. The monoisotopic (exact) mass is 234 g/mol. The Bertz CT molecular complexity index is 441. The van der Waals surface area contributed by atoms with Crippen molar-refractivity contribution in [1.29, 1.82) is 0 Å². The molecule has 1 aliphatic heterocycles. The molecule has 17 heavy (non-hydrogen) atoms. The first-order valence-corrected chi connectivity index (χ1v) is 5.49. The molecular weight excluding hydrogens is 220 g/mol. The first-order chi connectivity index (χ1) is 8.16. The molecular formula is C12H14N2O3. The number of nitrogens with one attached hydrogen (secondary N) is 1. The van der Waals surface area contributed by atoms with Crippen LogP contribution in [-0.4, -0.2) is 24.5 Å². The van der Waals surface area contributed by atoms with Gasteiger partial charge >= 0.3 is 6.09 Å². The van der Waals surface area contributed by atoms with Crippen molar-refractivity contribution >= 4 is 11.9 Å². The molecule has 0 aliphatic carbocycles. The highest BCUT2D eigenvalue weighted by Gasteiger charge is 2.22. The standard InChI is InChI=1S/C12H14N2O3/c13-12(16)17-11-4-2-1-3-9(11)10(15)7-8-5-6-14-8/h1-4,8,14H,5-7H2,(H2,13,16). The Kier molecular flexibility index (Phi) is 3.39. The average molecular weight is 234 g/mol. The molecule has 0 bridgehead atoms. The molecule has 1 aromatic carbocycles. The Morgan fingerprint density at radius 1 is 1.41 bits per heavy atom. The number of carbonyl (C=O) groups is 2. The molecule has 1 saturated heterocycles. The summed E-state index contributed by atoms with van der Waals surface area (Å²) >= 11 is 0. The number of ketones is 1. The van der Waals surface area contributed by atoms with Gasteiger partial charge in [0.2, 0.25) is 0 Å². The number of para-hydroxylation sites is 1. The predicted molar refractivity (Wildman–Crippen MR) is 62.0 cm³/mol. The molecule has 90 valence electrons. The van der Waals surface area contributed by atoms with Crippen LogP contribution in [0.2, 0.25) is 0 Å². The maximum atomic E-state index is 12.0. The van der Waals surface area contributed by atoms with Crippen molar-refractivity contribution in [3.05, 3.63) is 29.8 Å². The second-order valence-electron chi connectivity index (χ2n) is 3.98. The summed E-state index contributed by atoms with van der Waals surface area (Å²) in [6.07, 6.45) is 0.510. The Balaban J connectivity index is 2.12. The van der Waals surface area contributed by atoms with Crippen LogP contribution in [-0.2, 0) is 0 Å². The third kappa shape index (κ3) is 2.82. The fourth-order valence-corrected chi connectivity index (χ4v) is 1.75. The zero-order valence-corrected chi connectivity index (χ0v) is 9.31. The van der Waals surface area contributed by atoms with Crippen LogP contribution < -0.4 is 15.8 Å². The Morgan fingerprint density at radius 2 is 2.12 bits per heavy atom. The van der Waals surface area contributed by atoms with Crippen LogP contribution in [0, 0.1) is 0 Å². The molecule has 1 fully saturated rings. The van der Waals surface area contributed by atoms with Gasteiger partial charge in [0.1, 0.15) is 5.75 Å². The number of benzene rings is 1. The van der Waals surface area contributed by atoms with Crippen LogP contribution in [0.3, 0.4) is 0 Å². The minimum atomic E-state index is -0.910. The van der Waals surface area contributed by atoms with Gasteiger partial charge in [-0.25, -0.2) is 4.79 Å². The number of Topliss-reactive ketones (excluding diaryl/α,β-unsaturated/α-hetero) is 1. The van der Waals surface area contributed by atoms with Crippen LogP contribution in [0.5, 0.6) is 5.75 Å². The largest absolute Gasteiger partial charge is 0.410 e. The van der Waals surface area contributed by atoms with Crippen molar-refractivity contribution in [2.24, 2.45) is 5.73 Å². The predicted octanol–water partition coefficient (Wildman–Crippen LogP) is 1.08. The van der Waals surface area contributed by atoms with E-state index in [1.807, 2.05) is 0 Å². The summed E-state index contributed by atoms with van der Waals surface area (Å²) in [5.74, 6) is 0.184. The van der Waals surface area contributed by atoms with E-state index in [0.717, 1.165) is 13.0 Å². The molecule has 2 rings (SSSR count). The molecule has 0 saturated carbocycles. The molecule has 1 amide bonds. The molecule has 5 nitrogen and oxygen atoms in total. The number of amides is 1. The lowest BCUT2D eigenvalue weighted by atomic mass is 9.97. The molecule has 1 heterocycles. The van der Waals surface area contributed by atoms with Gasteiger partial charge in [-0.1, -0.05) is 12.1 Å². The molecule has 1 aromatic rings. The highest BCUT2D eigenvalue weighted by Crippen LogP contribution is 2.21. The van der Waals surface area contributed by atoms with E-state index < -0.39 is 6.09 Å². The minimum Gasteiger partial charge on any atom is -0.410 e. The van der Waals surface area contributed by atoms with Crippen LogP contribution in [0.25, 0.3) is 0 Å². The number of rotatable bonds is 4. The molecule has 1 unspecified atom stereocenters. The quantitative estimate of drug-likeness (QED) is 0.764. The van der Waals surface area contributed by atoms with E-state index in [9.17, 15) is 9.59 Å². The normalized spacial score (nSPS) is 18.2. The summed E-state index contributed by atoms with van der Waals surface area (Å²) in [7, 11) is 0. The third-order valence-electron chi connectivity index (χ3n) is 2.76. The van der Waals surface area contributed by atoms with Gasteiger partial charge in [0.25, 0.3) is 0 Å². The first-order valence-electron chi connectivity index (χ1n) is 5.49. The lowest BCUT2D eigenvalue weighted by Crippen LogP contribution is -2.44. The Hall–Kier alpha value is -1.88. The summed E-state index contributed by atoms with van der Waals surface area (Å²) in [5.41, 5.74) is 5.35. The minimum absolute atomic E-state index is 0.0425. The summed E-state index contributed by atoms with van der Waals surface area (Å²) in [5, 5.41) is 3.15. The Morgan fingerprint density at radius 3 is 2.71 bits per heavy atom. The third-order valence-corrected chi connectivity index (χ3v) is 2.76. The number of hydrogen-bond donors (Lipinski definition) is 2. The van der Waals surface area contributed by atoms with Crippen LogP contribution in [0.1, 0.15) is 23.2 Å². The van der Waals surface area contributed by atoms with Gasteiger partial charge in [-0.15, -0.1) is 0 Å². The summed E-state index contributed by atoms with van der Waals surface area (Å²) < 4.78 is 4.80. The fourth-order valence-electron chi connectivity index (χ4n) is 1.75. The van der Waals surface area contributed by atoms with E-state index in [1.165, 1.54) is 0 Å². The van der Waals surface area contributed by atoms with E-state index in [4.69, 9.17) is 10.5 Å². The van der Waals surface area contributed by atoms with Crippen LogP contribution in [0.4, 0.5) is 4.79 Å². The summed E-state index contributed by atoms with van der Waals surface area (Å²) in [6.45, 7) is 0.956. The molecule has 1 aliphatic rings. The second-order valence-corrected chi connectivity index (χ2v) is 3.98. The van der Waals surface area contributed by atoms with Crippen molar-refractivity contribution in [3.8, 4) is 5.75 Å². The lowest BCUT2D eigenvalue weighted by Gasteiger charge is -2.26. The van der Waals surface area contributed by atoms with Gasteiger partial charge in [0.05, 0.1) is 5.56 Å². The molecule has 0 radical (unpaired) electrons. The molecule has 5 heteroatoms. The van der Waals surface area contributed by atoms with E-state index in [1.54, 1.807) is 24.3 Å². The van der Waals surface area contributed by atoms with Crippen LogP contribution in [0.15, 0.2) is 24.3 Å². The van der Waals surface area contributed by atoms with Crippen molar-refractivity contribution in [3.63, 3.8) is 0 Å². The van der Waals surface area contributed by atoms with Crippen molar-refractivity contribution in [2.75, 3.05) is 6.54 Å². The van der Waals surface area contributed by atoms with Crippen molar-refractivity contribution < 1.29 is 14.3 Å². The van der Waals surface area contributed by atoms with E-state index in [0.29, 0.717) is 12.0 Å². The van der Waals surface area contributed by atoms with E-state index >= 15 is 0 Å². The van der Waals surface area contributed by atoms with Gasteiger partial charge in [0.15, 0.2) is 5.78 Å².